The molecule has 2 aliphatic rings. The number of rotatable bonds is 5. The molecule has 5 rings (SSSR count). The number of carbonyl (C=O) groups is 1. The number of aromatic nitrogens is 1. The summed E-state index contributed by atoms with van der Waals surface area (Å²) in [6.07, 6.45) is 4.84. The van der Waals surface area contributed by atoms with Crippen molar-refractivity contribution in [2.45, 2.75) is 44.6 Å². The van der Waals surface area contributed by atoms with Crippen LogP contribution in [-0.2, 0) is 13.6 Å². The molecule has 0 spiro atoms. The zero-order valence-electron chi connectivity index (χ0n) is 19.8. The van der Waals surface area contributed by atoms with E-state index in [1.165, 1.54) is 59.4 Å². The predicted molar refractivity (Wildman–Crippen MR) is 138 cm³/mol. The van der Waals surface area contributed by atoms with E-state index >= 15 is 0 Å². The van der Waals surface area contributed by atoms with Gasteiger partial charge in [0.25, 0.3) is 0 Å². The van der Waals surface area contributed by atoms with Crippen molar-refractivity contribution in [3.63, 3.8) is 0 Å². The fourth-order valence-electron chi connectivity index (χ4n) is 5.63. The molecule has 2 aromatic heterocycles. The molecule has 3 aromatic rings. The maximum absolute atomic E-state index is 11.6. The average molecular weight is 502 g/mol. The Bertz CT molecular complexity index is 1170. The van der Waals surface area contributed by atoms with Gasteiger partial charge >= 0.3 is 6.16 Å². The highest BCUT2D eigenvalue weighted by Crippen LogP contribution is 2.50. The first-order chi connectivity index (χ1) is 16.4. The molecule has 0 atom stereocenters. The number of benzene rings is 1. The minimum atomic E-state index is -1.25. The normalized spacial score (nSPS) is 18.6. The van der Waals surface area contributed by atoms with Crippen LogP contribution in [0.25, 0.3) is 21.5 Å². The van der Waals surface area contributed by atoms with Gasteiger partial charge in [-0.1, -0.05) is 54.3 Å². The van der Waals surface area contributed by atoms with Crippen molar-refractivity contribution in [2.75, 3.05) is 33.2 Å². The Hall–Kier alpha value is -2.06. The SMILES string of the molecule is CN1CCN(Cc2c(OC(=O)O)sc3c(C4CCCCC4)c(-c4ccc(Cl)cc4)n(C)c23)CC1. The summed E-state index contributed by atoms with van der Waals surface area (Å²) in [6.45, 7) is 4.64. The monoisotopic (exact) mass is 501 g/mol. The van der Waals surface area contributed by atoms with Crippen molar-refractivity contribution in [3.8, 4) is 16.3 Å². The van der Waals surface area contributed by atoms with Gasteiger partial charge in [0, 0.05) is 50.4 Å². The van der Waals surface area contributed by atoms with Gasteiger partial charge in [-0.05, 0) is 49.1 Å². The van der Waals surface area contributed by atoms with Crippen LogP contribution in [0.3, 0.4) is 0 Å². The van der Waals surface area contributed by atoms with Gasteiger partial charge in [0.1, 0.15) is 0 Å². The minimum Gasteiger partial charge on any atom is -0.449 e. The number of hydrogen-bond donors (Lipinski definition) is 1. The predicted octanol–water partition coefficient (Wildman–Crippen LogP) is 6.41. The summed E-state index contributed by atoms with van der Waals surface area (Å²) < 4.78 is 8.83. The number of thiophene rings is 1. The van der Waals surface area contributed by atoms with Crippen LogP contribution in [0.1, 0.15) is 49.1 Å². The standard InChI is InChI=1S/C26H32ClN3O3S/c1-28-12-14-30(15-13-28)16-20-23-24(34-25(20)33-26(31)32)21(17-6-4-3-5-7-17)22(29(23)2)18-8-10-19(27)11-9-18/h8-11,17H,3-7,12-16H2,1-2H3,(H,31,32). The third-order valence-corrected chi connectivity index (χ3v) is 8.79. The molecule has 1 saturated carbocycles. The van der Waals surface area contributed by atoms with E-state index in [4.69, 9.17) is 16.3 Å². The van der Waals surface area contributed by atoms with Crippen molar-refractivity contribution < 1.29 is 14.6 Å². The topological polar surface area (TPSA) is 57.9 Å². The van der Waals surface area contributed by atoms with E-state index < -0.39 is 6.16 Å². The van der Waals surface area contributed by atoms with Gasteiger partial charge in [-0.15, -0.1) is 0 Å². The van der Waals surface area contributed by atoms with Gasteiger partial charge < -0.3 is 19.3 Å². The van der Waals surface area contributed by atoms with Crippen LogP contribution < -0.4 is 4.74 Å². The van der Waals surface area contributed by atoms with E-state index in [0.717, 1.165) is 47.8 Å². The second-order valence-electron chi connectivity index (χ2n) is 9.66. The van der Waals surface area contributed by atoms with E-state index in [-0.39, 0.29) is 0 Å². The lowest BCUT2D eigenvalue weighted by Gasteiger charge is -2.32. The van der Waals surface area contributed by atoms with Crippen LogP contribution in [0, 0.1) is 0 Å². The lowest BCUT2D eigenvalue weighted by atomic mass is 9.83. The van der Waals surface area contributed by atoms with Gasteiger partial charge in [0.2, 0.25) is 0 Å². The molecule has 1 aliphatic carbocycles. The maximum atomic E-state index is 11.6. The second kappa shape index (κ2) is 9.90. The lowest BCUT2D eigenvalue weighted by molar-refractivity contribution is 0.139. The molecule has 0 bridgehead atoms. The number of hydrogen-bond acceptors (Lipinski definition) is 5. The summed E-state index contributed by atoms with van der Waals surface area (Å²) in [5.41, 5.74) is 5.84. The molecule has 2 fully saturated rings. The van der Waals surface area contributed by atoms with Crippen molar-refractivity contribution in [2.24, 2.45) is 7.05 Å². The average Bonchev–Trinajstić information content (AvgIpc) is 3.30. The number of halogens is 1. The van der Waals surface area contributed by atoms with Gasteiger partial charge in [0.15, 0.2) is 5.06 Å². The molecule has 6 nitrogen and oxygen atoms in total. The lowest BCUT2D eigenvalue weighted by Crippen LogP contribution is -2.43. The number of nitrogens with zero attached hydrogens (tertiary/aromatic N) is 3. The van der Waals surface area contributed by atoms with E-state index in [1.807, 2.05) is 12.1 Å². The highest BCUT2D eigenvalue weighted by Gasteiger charge is 2.31. The van der Waals surface area contributed by atoms with Gasteiger partial charge in [-0.2, -0.15) is 0 Å². The molecule has 0 amide bonds. The highest BCUT2D eigenvalue weighted by atomic mass is 35.5. The van der Waals surface area contributed by atoms with Crippen LogP contribution in [0.15, 0.2) is 24.3 Å². The second-order valence-corrected chi connectivity index (χ2v) is 11.1. The van der Waals surface area contributed by atoms with Crippen LogP contribution in [-0.4, -0.2) is 58.9 Å². The van der Waals surface area contributed by atoms with Crippen molar-refractivity contribution in [1.29, 1.82) is 0 Å². The van der Waals surface area contributed by atoms with Crippen LogP contribution in [0.2, 0.25) is 5.02 Å². The van der Waals surface area contributed by atoms with Crippen molar-refractivity contribution >= 4 is 39.3 Å². The quantitative estimate of drug-likeness (QED) is 0.409. The van der Waals surface area contributed by atoms with Crippen molar-refractivity contribution in [1.82, 2.24) is 14.4 Å². The molecule has 1 aromatic carbocycles. The Labute approximate surface area is 209 Å². The molecule has 0 radical (unpaired) electrons. The Morgan fingerprint density at radius 1 is 1.09 bits per heavy atom. The summed E-state index contributed by atoms with van der Waals surface area (Å²) in [4.78, 5) is 16.3. The molecule has 3 heterocycles. The van der Waals surface area contributed by atoms with Crippen molar-refractivity contribution in [3.05, 3.63) is 40.4 Å². The summed E-state index contributed by atoms with van der Waals surface area (Å²) in [6, 6.07) is 8.10. The number of piperazine rings is 1. The maximum Gasteiger partial charge on any atom is 0.512 e. The van der Waals surface area contributed by atoms with Crippen LogP contribution in [0.4, 0.5) is 4.79 Å². The summed E-state index contributed by atoms with van der Waals surface area (Å²) in [7, 11) is 4.26. The largest absolute Gasteiger partial charge is 0.512 e. The molecule has 8 heteroatoms. The Morgan fingerprint density at radius 3 is 2.41 bits per heavy atom. The molecule has 1 aliphatic heterocycles. The molecular formula is C26H32ClN3O3S. The van der Waals surface area contributed by atoms with E-state index in [9.17, 15) is 9.90 Å². The summed E-state index contributed by atoms with van der Waals surface area (Å²) in [5.74, 6) is 0.468. The number of aryl methyl sites for hydroxylation is 1. The smallest absolute Gasteiger partial charge is 0.449 e. The highest BCUT2D eigenvalue weighted by molar-refractivity contribution is 7.21. The molecule has 1 N–H and O–H groups in total. The number of carboxylic acid groups (broad SMARTS) is 1. The first kappa shape index (κ1) is 23.7. The zero-order chi connectivity index (χ0) is 23.8. The fraction of sp³-hybridized carbons (Fsp3) is 0.500. The van der Waals surface area contributed by atoms with E-state index in [0.29, 0.717) is 17.5 Å². The first-order valence-electron chi connectivity index (χ1n) is 12.1. The van der Waals surface area contributed by atoms with E-state index in [2.05, 4.69) is 40.6 Å². The van der Waals surface area contributed by atoms with Gasteiger partial charge in [0.05, 0.1) is 15.9 Å². The zero-order valence-corrected chi connectivity index (χ0v) is 21.4. The Kier molecular flexibility index (Phi) is 6.89. The van der Waals surface area contributed by atoms with Gasteiger partial charge in [-0.25, -0.2) is 4.79 Å². The van der Waals surface area contributed by atoms with E-state index in [1.54, 1.807) is 0 Å². The van der Waals surface area contributed by atoms with Crippen LogP contribution in [0.5, 0.6) is 5.06 Å². The molecular weight excluding hydrogens is 470 g/mol. The third-order valence-electron chi connectivity index (χ3n) is 7.40. The molecule has 1 saturated heterocycles. The number of ether oxygens (including phenoxy) is 1. The Balaban J connectivity index is 1.68. The number of fused-ring (bicyclic) bond motifs is 1. The summed E-state index contributed by atoms with van der Waals surface area (Å²) >= 11 is 7.72. The van der Waals surface area contributed by atoms with Gasteiger partial charge in [-0.3, -0.25) is 4.90 Å². The Morgan fingerprint density at radius 2 is 1.76 bits per heavy atom. The third kappa shape index (κ3) is 4.59. The minimum absolute atomic E-state index is 0.468. The summed E-state index contributed by atoms with van der Waals surface area (Å²) in [5, 5.41) is 10.7. The molecule has 0 unspecified atom stereocenters. The van der Waals surface area contributed by atoms with Crippen LogP contribution >= 0.6 is 22.9 Å². The first-order valence-corrected chi connectivity index (χ1v) is 13.3. The number of likely N-dealkylation sites (N-methyl/N-ethyl adjacent to an activating group) is 1. The molecule has 34 heavy (non-hydrogen) atoms. The molecule has 182 valence electrons. The fourth-order valence-corrected chi connectivity index (χ4v) is 7.07.